The highest BCUT2D eigenvalue weighted by molar-refractivity contribution is 5.89. The highest BCUT2D eigenvalue weighted by Gasteiger charge is 2.05. The van der Waals surface area contributed by atoms with Crippen LogP contribution in [0.1, 0.15) is 47.5 Å². The maximum absolute atomic E-state index is 11.8. The quantitative estimate of drug-likeness (QED) is 0.484. The van der Waals surface area contributed by atoms with E-state index < -0.39 is 0 Å². The molecule has 0 aliphatic rings. The van der Waals surface area contributed by atoms with Crippen LogP contribution in [0.3, 0.4) is 0 Å². The van der Waals surface area contributed by atoms with Crippen LogP contribution in [0.25, 0.3) is 0 Å². The third kappa shape index (κ3) is 9.06. The molecule has 0 aromatic carbocycles. The molecule has 106 valence electrons. The number of carbonyl (C=O) groups excluding carboxylic acids is 1. The predicted molar refractivity (Wildman–Crippen MR) is 83.8 cm³/mol. The van der Waals surface area contributed by atoms with Crippen LogP contribution in [-0.2, 0) is 4.79 Å². The van der Waals surface area contributed by atoms with Gasteiger partial charge in [0, 0.05) is 18.8 Å². The molecule has 0 heterocycles. The van der Waals surface area contributed by atoms with Crippen molar-refractivity contribution >= 4 is 5.91 Å². The van der Waals surface area contributed by atoms with Gasteiger partial charge in [-0.05, 0) is 47.5 Å². The number of hydrogen-bond acceptors (Lipinski definition) is 1. The molecule has 0 rings (SSSR count). The first-order chi connectivity index (χ1) is 8.86. The summed E-state index contributed by atoms with van der Waals surface area (Å²) in [5, 5.41) is 0. The minimum atomic E-state index is -0.0108. The topological polar surface area (TPSA) is 20.3 Å². The fourth-order valence-corrected chi connectivity index (χ4v) is 1.53. The lowest BCUT2D eigenvalue weighted by molar-refractivity contribution is -0.123. The zero-order chi connectivity index (χ0) is 14.8. The van der Waals surface area contributed by atoms with Crippen molar-refractivity contribution in [2.75, 3.05) is 6.54 Å². The van der Waals surface area contributed by atoms with Crippen molar-refractivity contribution in [1.29, 1.82) is 0 Å². The van der Waals surface area contributed by atoms with E-state index in [0.717, 1.165) is 18.4 Å². The Hall–Kier alpha value is -1.57. The van der Waals surface area contributed by atoms with Gasteiger partial charge in [-0.3, -0.25) is 4.79 Å². The molecule has 0 atom stereocenters. The number of rotatable bonds is 7. The standard InChI is InChI=1S/C17H27NO/c1-7-18(17(19)13-15(4)5)12-11-16(6)10-8-9-14(2)3/h7,9,11,13H,1,8,10,12H2,2-6H3. The van der Waals surface area contributed by atoms with Crippen LogP contribution in [0.5, 0.6) is 0 Å². The second-order valence-electron chi connectivity index (χ2n) is 5.27. The lowest BCUT2D eigenvalue weighted by Crippen LogP contribution is -2.23. The summed E-state index contributed by atoms with van der Waals surface area (Å²) in [5.41, 5.74) is 3.65. The summed E-state index contributed by atoms with van der Waals surface area (Å²) < 4.78 is 0. The van der Waals surface area contributed by atoms with Crippen molar-refractivity contribution in [3.8, 4) is 0 Å². The van der Waals surface area contributed by atoms with Gasteiger partial charge in [-0.15, -0.1) is 0 Å². The van der Waals surface area contributed by atoms with Crippen LogP contribution in [0.4, 0.5) is 0 Å². The van der Waals surface area contributed by atoms with Crippen LogP contribution < -0.4 is 0 Å². The maximum Gasteiger partial charge on any atom is 0.250 e. The van der Waals surface area contributed by atoms with Gasteiger partial charge < -0.3 is 4.90 Å². The number of hydrogen-bond donors (Lipinski definition) is 0. The summed E-state index contributed by atoms with van der Waals surface area (Å²) in [4.78, 5) is 13.5. The molecule has 0 bridgehead atoms. The Morgan fingerprint density at radius 3 is 2.16 bits per heavy atom. The van der Waals surface area contributed by atoms with Crippen LogP contribution in [0, 0.1) is 0 Å². The van der Waals surface area contributed by atoms with E-state index >= 15 is 0 Å². The number of nitrogens with zero attached hydrogens (tertiary/aromatic N) is 1. The Balaban J connectivity index is 4.40. The maximum atomic E-state index is 11.8. The largest absolute Gasteiger partial charge is 0.312 e. The van der Waals surface area contributed by atoms with Crippen molar-refractivity contribution < 1.29 is 4.79 Å². The molecule has 2 heteroatoms. The first-order valence-corrected chi connectivity index (χ1v) is 6.74. The van der Waals surface area contributed by atoms with E-state index in [4.69, 9.17) is 0 Å². The van der Waals surface area contributed by atoms with E-state index in [1.54, 1.807) is 17.2 Å². The van der Waals surface area contributed by atoms with E-state index in [9.17, 15) is 4.79 Å². The van der Waals surface area contributed by atoms with Gasteiger partial charge in [-0.25, -0.2) is 0 Å². The molecule has 0 saturated carbocycles. The Labute approximate surface area is 118 Å². The fourth-order valence-electron chi connectivity index (χ4n) is 1.53. The molecular formula is C17H27NO. The summed E-state index contributed by atoms with van der Waals surface area (Å²) in [6.07, 6.45) is 9.64. The van der Waals surface area contributed by atoms with Gasteiger partial charge in [0.25, 0.3) is 5.91 Å². The summed E-state index contributed by atoms with van der Waals surface area (Å²) in [6, 6.07) is 0. The van der Waals surface area contributed by atoms with Gasteiger partial charge in [0.1, 0.15) is 0 Å². The van der Waals surface area contributed by atoms with Crippen molar-refractivity contribution in [2.24, 2.45) is 0 Å². The van der Waals surface area contributed by atoms with Crippen molar-refractivity contribution in [3.63, 3.8) is 0 Å². The average molecular weight is 261 g/mol. The molecule has 1 amide bonds. The van der Waals surface area contributed by atoms with E-state index in [0.29, 0.717) is 6.54 Å². The molecule has 0 radical (unpaired) electrons. The molecule has 0 aliphatic heterocycles. The zero-order valence-electron chi connectivity index (χ0n) is 13.0. The molecule has 0 saturated heterocycles. The van der Waals surface area contributed by atoms with Gasteiger partial charge >= 0.3 is 0 Å². The third-order valence-electron chi connectivity index (χ3n) is 2.64. The Morgan fingerprint density at radius 2 is 1.68 bits per heavy atom. The van der Waals surface area contributed by atoms with Crippen molar-refractivity contribution in [3.05, 3.63) is 47.7 Å². The first-order valence-electron chi connectivity index (χ1n) is 6.74. The summed E-state index contributed by atoms with van der Waals surface area (Å²) in [6.45, 7) is 14.4. The van der Waals surface area contributed by atoms with Crippen LogP contribution in [0.15, 0.2) is 47.7 Å². The SMILES string of the molecule is C=CN(CC=C(C)CCC=C(C)C)C(=O)C=C(C)C. The Kier molecular flexibility index (Phi) is 8.60. The van der Waals surface area contributed by atoms with Gasteiger partial charge in [-0.1, -0.05) is 35.5 Å². The molecule has 0 N–H and O–H groups in total. The highest BCUT2D eigenvalue weighted by atomic mass is 16.2. The zero-order valence-corrected chi connectivity index (χ0v) is 13.0. The third-order valence-corrected chi connectivity index (χ3v) is 2.64. The Morgan fingerprint density at radius 1 is 1.05 bits per heavy atom. The van der Waals surface area contributed by atoms with Gasteiger partial charge in [0.05, 0.1) is 0 Å². The highest BCUT2D eigenvalue weighted by Crippen LogP contribution is 2.07. The van der Waals surface area contributed by atoms with Crippen molar-refractivity contribution in [2.45, 2.75) is 47.5 Å². The minimum absolute atomic E-state index is 0.0108. The summed E-state index contributed by atoms with van der Waals surface area (Å²) in [7, 11) is 0. The lowest BCUT2D eigenvalue weighted by atomic mass is 10.1. The monoisotopic (exact) mass is 261 g/mol. The van der Waals surface area contributed by atoms with Gasteiger partial charge in [0.2, 0.25) is 0 Å². The Bertz CT molecular complexity index is 391. The van der Waals surface area contributed by atoms with Gasteiger partial charge in [-0.2, -0.15) is 0 Å². The molecule has 19 heavy (non-hydrogen) atoms. The summed E-state index contributed by atoms with van der Waals surface area (Å²) in [5.74, 6) is -0.0108. The smallest absolute Gasteiger partial charge is 0.250 e. The normalized spacial score (nSPS) is 10.7. The molecule has 0 aromatic heterocycles. The molecule has 2 nitrogen and oxygen atoms in total. The molecular weight excluding hydrogens is 234 g/mol. The minimum Gasteiger partial charge on any atom is -0.312 e. The van der Waals surface area contributed by atoms with Crippen molar-refractivity contribution in [1.82, 2.24) is 4.90 Å². The predicted octanol–water partition coefficient (Wildman–Crippen LogP) is 4.62. The van der Waals surface area contributed by atoms with Gasteiger partial charge in [0.15, 0.2) is 0 Å². The van der Waals surface area contributed by atoms with E-state index in [-0.39, 0.29) is 5.91 Å². The first kappa shape index (κ1) is 17.4. The number of amides is 1. The van der Waals surface area contributed by atoms with Crippen LogP contribution in [0.2, 0.25) is 0 Å². The molecule has 0 fully saturated rings. The van der Waals surface area contributed by atoms with Crippen LogP contribution >= 0.6 is 0 Å². The molecule has 0 aliphatic carbocycles. The summed E-state index contributed by atoms with van der Waals surface area (Å²) >= 11 is 0. The van der Waals surface area contributed by atoms with E-state index in [2.05, 4.69) is 39.5 Å². The number of carbonyl (C=O) groups is 1. The molecule has 0 unspecified atom stereocenters. The van der Waals surface area contributed by atoms with E-state index in [1.165, 1.54) is 11.1 Å². The van der Waals surface area contributed by atoms with Crippen LogP contribution in [-0.4, -0.2) is 17.4 Å². The second kappa shape index (κ2) is 9.37. The molecule has 0 spiro atoms. The number of allylic oxidation sites excluding steroid dienone is 4. The lowest BCUT2D eigenvalue weighted by Gasteiger charge is -2.14. The molecule has 0 aromatic rings. The average Bonchev–Trinajstić information content (AvgIpc) is 2.28. The second-order valence-corrected chi connectivity index (χ2v) is 5.27. The fraction of sp³-hybridized carbons (Fsp3) is 0.471. The van der Waals surface area contributed by atoms with E-state index in [1.807, 2.05) is 13.8 Å².